The van der Waals surface area contributed by atoms with Gasteiger partial charge in [-0.1, -0.05) is 25.4 Å². The van der Waals surface area contributed by atoms with Crippen molar-refractivity contribution in [3.05, 3.63) is 17.2 Å². The number of methoxy groups -OCH3 is 2. The molecule has 7 nitrogen and oxygen atoms in total. The number of carbonyl (C=O) groups is 1. The van der Waals surface area contributed by atoms with Crippen molar-refractivity contribution in [2.45, 2.75) is 20.3 Å². The summed E-state index contributed by atoms with van der Waals surface area (Å²) in [7, 11) is -0.589. The first-order valence-corrected chi connectivity index (χ1v) is 9.97. The van der Waals surface area contributed by atoms with Crippen molar-refractivity contribution in [3.63, 3.8) is 0 Å². The molecule has 0 aliphatic rings. The van der Waals surface area contributed by atoms with Crippen LogP contribution in [0, 0.1) is 5.92 Å². The lowest BCUT2D eigenvalue weighted by Crippen LogP contribution is -2.38. The molecule has 0 aromatic heterocycles. The van der Waals surface area contributed by atoms with E-state index < -0.39 is 15.9 Å². The first kappa shape index (κ1) is 21.5. The fraction of sp³-hybridized carbons (Fsp3) is 0.562. The molecule has 0 unspecified atom stereocenters. The topological polar surface area (TPSA) is 84.9 Å². The van der Waals surface area contributed by atoms with Gasteiger partial charge in [0.25, 0.3) is 0 Å². The zero-order chi connectivity index (χ0) is 19.2. The van der Waals surface area contributed by atoms with Gasteiger partial charge >= 0.3 is 0 Å². The quantitative estimate of drug-likeness (QED) is 0.698. The Morgan fingerprint density at radius 2 is 1.84 bits per heavy atom. The summed E-state index contributed by atoms with van der Waals surface area (Å²) in [5.74, 6) is 0.578. The van der Waals surface area contributed by atoms with Crippen molar-refractivity contribution in [3.8, 4) is 11.5 Å². The van der Waals surface area contributed by atoms with Gasteiger partial charge in [-0.2, -0.15) is 4.31 Å². The third-order valence-electron chi connectivity index (χ3n) is 3.49. The number of nitrogens with zero attached hydrogens (tertiary/aromatic N) is 1. The molecule has 142 valence electrons. The van der Waals surface area contributed by atoms with Crippen LogP contribution in [-0.4, -0.2) is 52.2 Å². The standard InChI is InChI=1S/C16H25ClN2O5S/c1-11(2)6-7-19(25(5,21)22)10-16(20)18-13-9-14(23-3)12(17)8-15(13)24-4/h8-9,11H,6-7,10H2,1-5H3,(H,18,20). The average Bonchev–Trinajstić information content (AvgIpc) is 2.51. The van der Waals surface area contributed by atoms with Gasteiger partial charge in [0.2, 0.25) is 15.9 Å². The summed E-state index contributed by atoms with van der Waals surface area (Å²) in [5.41, 5.74) is 0.353. The van der Waals surface area contributed by atoms with Gasteiger partial charge in [0.05, 0.1) is 37.7 Å². The maximum atomic E-state index is 12.3. The highest BCUT2D eigenvalue weighted by Crippen LogP contribution is 2.35. The maximum Gasteiger partial charge on any atom is 0.239 e. The highest BCUT2D eigenvalue weighted by molar-refractivity contribution is 7.88. The molecule has 0 atom stereocenters. The number of ether oxygens (including phenoxy) is 2. The number of benzene rings is 1. The van der Waals surface area contributed by atoms with Gasteiger partial charge in [-0.3, -0.25) is 4.79 Å². The molecular formula is C16H25ClN2O5S. The monoisotopic (exact) mass is 392 g/mol. The van der Waals surface area contributed by atoms with Crippen molar-refractivity contribution in [2.24, 2.45) is 5.92 Å². The van der Waals surface area contributed by atoms with Crippen LogP contribution in [-0.2, 0) is 14.8 Å². The predicted molar refractivity (Wildman–Crippen MR) is 99.1 cm³/mol. The molecule has 1 aromatic rings. The summed E-state index contributed by atoms with van der Waals surface area (Å²) in [5, 5.41) is 2.98. The Morgan fingerprint density at radius 3 is 2.32 bits per heavy atom. The number of sulfonamides is 1. The van der Waals surface area contributed by atoms with Crippen LogP contribution in [0.1, 0.15) is 20.3 Å². The minimum atomic E-state index is -3.49. The van der Waals surface area contributed by atoms with E-state index in [1.807, 2.05) is 13.8 Å². The van der Waals surface area contributed by atoms with E-state index >= 15 is 0 Å². The molecule has 1 amide bonds. The second-order valence-electron chi connectivity index (χ2n) is 6.01. The Kier molecular flexibility index (Phi) is 7.98. The molecule has 0 saturated carbocycles. The van der Waals surface area contributed by atoms with Crippen LogP contribution in [0.5, 0.6) is 11.5 Å². The van der Waals surface area contributed by atoms with E-state index in [4.69, 9.17) is 21.1 Å². The van der Waals surface area contributed by atoms with Crippen molar-refractivity contribution in [2.75, 3.05) is 38.9 Å². The first-order valence-electron chi connectivity index (χ1n) is 7.75. The fourth-order valence-electron chi connectivity index (χ4n) is 2.07. The van der Waals surface area contributed by atoms with Gasteiger partial charge < -0.3 is 14.8 Å². The van der Waals surface area contributed by atoms with Crippen LogP contribution >= 0.6 is 11.6 Å². The number of halogens is 1. The number of hydrogen-bond donors (Lipinski definition) is 1. The average molecular weight is 393 g/mol. The highest BCUT2D eigenvalue weighted by Gasteiger charge is 2.21. The lowest BCUT2D eigenvalue weighted by molar-refractivity contribution is -0.116. The maximum absolute atomic E-state index is 12.3. The zero-order valence-corrected chi connectivity index (χ0v) is 16.7. The van der Waals surface area contributed by atoms with Crippen molar-refractivity contribution in [1.82, 2.24) is 4.31 Å². The number of hydrogen-bond acceptors (Lipinski definition) is 5. The summed E-state index contributed by atoms with van der Waals surface area (Å²) in [6.45, 7) is 3.99. The van der Waals surface area contributed by atoms with E-state index in [9.17, 15) is 13.2 Å². The molecule has 0 aliphatic carbocycles. The van der Waals surface area contributed by atoms with Gasteiger partial charge in [0, 0.05) is 18.7 Å². The second kappa shape index (κ2) is 9.26. The molecule has 0 fully saturated rings. The van der Waals surface area contributed by atoms with E-state index in [-0.39, 0.29) is 13.1 Å². The van der Waals surface area contributed by atoms with E-state index in [1.165, 1.54) is 26.4 Å². The molecule has 9 heteroatoms. The van der Waals surface area contributed by atoms with Gasteiger partial charge in [-0.05, 0) is 12.3 Å². The highest BCUT2D eigenvalue weighted by atomic mass is 35.5. The third kappa shape index (κ3) is 6.72. The van der Waals surface area contributed by atoms with Crippen molar-refractivity contribution in [1.29, 1.82) is 0 Å². The largest absolute Gasteiger partial charge is 0.495 e. The Hall–Kier alpha value is -1.51. The van der Waals surface area contributed by atoms with Crippen LogP contribution in [0.2, 0.25) is 5.02 Å². The summed E-state index contributed by atoms with van der Waals surface area (Å²) in [6, 6.07) is 3.04. The van der Waals surface area contributed by atoms with Crippen LogP contribution in [0.15, 0.2) is 12.1 Å². The second-order valence-corrected chi connectivity index (χ2v) is 8.40. The molecule has 1 N–H and O–H groups in total. The molecule has 0 saturated heterocycles. The van der Waals surface area contributed by atoms with Crippen LogP contribution in [0.4, 0.5) is 5.69 Å². The number of nitrogens with one attached hydrogen (secondary N) is 1. The Balaban J connectivity index is 2.93. The molecule has 0 spiro atoms. The summed E-state index contributed by atoms with van der Waals surface area (Å²) in [4.78, 5) is 12.3. The van der Waals surface area contributed by atoms with Crippen molar-refractivity contribution >= 4 is 33.2 Å². The third-order valence-corrected chi connectivity index (χ3v) is 5.04. The number of amides is 1. The van der Waals surface area contributed by atoms with Crippen LogP contribution in [0.25, 0.3) is 0 Å². The van der Waals surface area contributed by atoms with E-state index in [0.717, 1.165) is 10.6 Å². The minimum Gasteiger partial charge on any atom is -0.495 e. The normalized spacial score (nSPS) is 11.7. The van der Waals surface area contributed by atoms with Gasteiger partial charge in [-0.15, -0.1) is 0 Å². The Bertz CT molecular complexity index is 707. The predicted octanol–water partition coefficient (Wildman–Crippen LogP) is 2.60. The molecular weight excluding hydrogens is 368 g/mol. The lowest BCUT2D eigenvalue weighted by Gasteiger charge is -2.21. The summed E-state index contributed by atoms with van der Waals surface area (Å²) in [6.07, 6.45) is 1.75. The van der Waals surface area contributed by atoms with Crippen LogP contribution in [0.3, 0.4) is 0 Å². The number of rotatable bonds is 9. The number of anilines is 1. The lowest BCUT2D eigenvalue weighted by atomic mass is 10.1. The molecule has 0 bridgehead atoms. The summed E-state index contributed by atoms with van der Waals surface area (Å²) >= 11 is 6.03. The van der Waals surface area contributed by atoms with Crippen LogP contribution < -0.4 is 14.8 Å². The molecule has 0 aliphatic heterocycles. The van der Waals surface area contributed by atoms with Gasteiger partial charge in [-0.25, -0.2) is 8.42 Å². The Labute approximate surface area is 154 Å². The van der Waals surface area contributed by atoms with E-state index in [0.29, 0.717) is 34.5 Å². The van der Waals surface area contributed by atoms with Crippen molar-refractivity contribution < 1.29 is 22.7 Å². The molecule has 1 rings (SSSR count). The van der Waals surface area contributed by atoms with E-state index in [1.54, 1.807) is 0 Å². The van der Waals surface area contributed by atoms with Gasteiger partial charge in [0.1, 0.15) is 11.5 Å². The SMILES string of the molecule is COc1cc(NC(=O)CN(CCC(C)C)S(C)(=O)=O)c(OC)cc1Cl. The molecule has 0 heterocycles. The molecule has 25 heavy (non-hydrogen) atoms. The fourth-order valence-corrected chi connectivity index (χ4v) is 3.09. The Morgan fingerprint density at radius 1 is 1.24 bits per heavy atom. The number of carbonyl (C=O) groups excluding carboxylic acids is 1. The molecule has 0 radical (unpaired) electrons. The minimum absolute atomic E-state index is 0.278. The molecule has 1 aromatic carbocycles. The van der Waals surface area contributed by atoms with E-state index in [2.05, 4.69) is 5.32 Å². The zero-order valence-electron chi connectivity index (χ0n) is 15.1. The smallest absolute Gasteiger partial charge is 0.239 e. The van der Waals surface area contributed by atoms with Gasteiger partial charge in [0.15, 0.2) is 0 Å². The first-order chi connectivity index (χ1) is 11.6. The summed E-state index contributed by atoms with van der Waals surface area (Å²) < 4.78 is 35.2.